The van der Waals surface area contributed by atoms with E-state index in [1.807, 2.05) is 0 Å². The molecular formula is C14H13F3N4O2. The van der Waals surface area contributed by atoms with E-state index in [1.165, 1.54) is 17.1 Å². The van der Waals surface area contributed by atoms with Gasteiger partial charge in [-0.2, -0.15) is 18.3 Å². The zero-order valence-corrected chi connectivity index (χ0v) is 11.9. The molecule has 3 heterocycles. The van der Waals surface area contributed by atoms with Gasteiger partial charge in [0.25, 0.3) is 0 Å². The summed E-state index contributed by atoms with van der Waals surface area (Å²) < 4.78 is 39.5. The average Bonchev–Trinajstić information content (AvgIpc) is 2.91. The molecule has 0 aromatic carbocycles. The Morgan fingerprint density at radius 3 is 2.74 bits per heavy atom. The Labute approximate surface area is 129 Å². The maximum Gasteiger partial charge on any atom is 0.435 e. The summed E-state index contributed by atoms with van der Waals surface area (Å²) in [5.41, 5.74) is -0.120. The van der Waals surface area contributed by atoms with Crippen LogP contribution in [-0.4, -0.2) is 37.3 Å². The minimum absolute atomic E-state index is 0.0783. The highest BCUT2D eigenvalue weighted by molar-refractivity contribution is 5.75. The van der Waals surface area contributed by atoms with Crippen molar-refractivity contribution in [1.29, 1.82) is 0 Å². The van der Waals surface area contributed by atoms with E-state index in [-0.39, 0.29) is 19.6 Å². The van der Waals surface area contributed by atoms with Crippen LogP contribution in [0.5, 0.6) is 0 Å². The molecular weight excluding hydrogens is 313 g/mol. The van der Waals surface area contributed by atoms with Gasteiger partial charge in [0.15, 0.2) is 5.69 Å². The second kappa shape index (κ2) is 5.65. The summed E-state index contributed by atoms with van der Waals surface area (Å²) in [5, 5.41) is 13.0. The number of nitrogens with zero attached hydrogens (tertiary/aromatic N) is 4. The zero-order valence-electron chi connectivity index (χ0n) is 11.9. The lowest BCUT2D eigenvalue weighted by Crippen LogP contribution is -2.40. The number of pyridine rings is 1. The molecule has 0 fully saturated rings. The fraction of sp³-hybridized carbons (Fsp3) is 0.357. The minimum Gasteiger partial charge on any atom is -0.480 e. The Balaban J connectivity index is 1.88. The van der Waals surface area contributed by atoms with Crippen molar-refractivity contribution in [1.82, 2.24) is 19.7 Å². The van der Waals surface area contributed by atoms with Crippen molar-refractivity contribution >= 4 is 5.97 Å². The van der Waals surface area contributed by atoms with Gasteiger partial charge < -0.3 is 5.11 Å². The number of aromatic nitrogens is 3. The number of carboxylic acid groups (broad SMARTS) is 1. The molecule has 1 atom stereocenters. The second-order valence-corrected chi connectivity index (χ2v) is 5.24. The number of carbonyl (C=O) groups is 1. The van der Waals surface area contributed by atoms with Crippen molar-refractivity contribution in [2.45, 2.75) is 25.3 Å². The van der Waals surface area contributed by atoms with Gasteiger partial charge in [0.1, 0.15) is 6.04 Å². The molecule has 0 saturated heterocycles. The molecule has 3 rings (SSSR count). The lowest BCUT2D eigenvalue weighted by Gasteiger charge is -2.32. The molecule has 9 heteroatoms. The minimum atomic E-state index is -4.51. The van der Waals surface area contributed by atoms with E-state index in [9.17, 15) is 23.1 Å². The van der Waals surface area contributed by atoms with Crippen molar-refractivity contribution in [3.8, 4) is 0 Å². The van der Waals surface area contributed by atoms with Crippen LogP contribution in [0.15, 0.2) is 30.6 Å². The molecule has 0 saturated carbocycles. The maximum absolute atomic E-state index is 12.7. The first kappa shape index (κ1) is 15.5. The Bertz CT molecular complexity index is 715. The molecule has 1 unspecified atom stereocenters. The van der Waals surface area contributed by atoms with Crippen LogP contribution < -0.4 is 0 Å². The Hall–Kier alpha value is -2.42. The van der Waals surface area contributed by atoms with Crippen LogP contribution in [0.3, 0.4) is 0 Å². The molecule has 1 aliphatic rings. The van der Waals surface area contributed by atoms with E-state index in [2.05, 4.69) is 10.1 Å². The maximum atomic E-state index is 12.7. The predicted octanol–water partition coefficient (Wildman–Crippen LogP) is 1.94. The molecule has 0 radical (unpaired) electrons. The van der Waals surface area contributed by atoms with Gasteiger partial charge in [-0.25, -0.2) is 0 Å². The third kappa shape index (κ3) is 3.04. The molecule has 2 aromatic rings. The van der Waals surface area contributed by atoms with Gasteiger partial charge in [0.2, 0.25) is 0 Å². The highest BCUT2D eigenvalue weighted by Gasteiger charge is 2.37. The topological polar surface area (TPSA) is 71.2 Å². The first-order valence-electron chi connectivity index (χ1n) is 6.87. The largest absolute Gasteiger partial charge is 0.480 e. The lowest BCUT2D eigenvalue weighted by molar-refractivity contribution is -0.144. The van der Waals surface area contributed by atoms with Crippen LogP contribution >= 0.6 is 0 Å². The number of alkyl halides is 3. The SMILES string of the molecule is O=C(O)C(c1cccnc1)N1CCn2nc(C(F)(F)F)cc2C1. The number of carboxylic acids is 1. The summed E-state index contributed by atoms with van der Waals surface area (Å²) in [6, 6.07) is 3.27. The summed E-state index contributed by atoms with van der Waals surface area (Å²) >= 11 is 0. The molecule has 0 spiro atoms. The highest BCUT2D eigenvalue weighted by Crippen LogP contribution is 2.31. The summed E-state index contributed by atoms with van der Waals surface area (Å²) in [6.07, 6.45) is -1.53. The van der Waals surface area contributed by atoms with Gasteiger partial charge in [-0.15, -0.1) is 0 Å². The van der Waals surface area contributed by atoms with Crippen LogP contribution in [0.4, 0.5) is 13.2 Å². The number of hydrogen-bond acceptors (Lipinski definition) is 4. The number of rotatable bonds is 3. The Morgan fingerprint density at radius 2 is 2.13 bits per heavy atom. The molecule has 0 bridgehead atoms. The summed E-state index contributed by atoms with van der Waals surface area (Å²) in [6.45, 7) is 0.572. The smallest absolute Gasteiger partial charge is 0.435 e. The normalized spacial score (nSPS) is 16.8. The third-order valence-electron chi connectivity index (χ3n) is 3.72. The summed E-state index contributed by atoms with van der Waals surface area (Å²) in [4.78, 5) is 17.1. The lowest BCUT2D eigenvalue weighted by atomic mass is 10.1. The fourth-order valence-electron chi connectivity index (χ4n) is 2.69. The van der Waals surface area contributed by atoms with Crippen LogP contribution in [0.2, 0.25) is 0 Å². The van der Waals surface area contributed by atoms with E-state index in [0.29, 0.717) is 11.3 Å². The molecule has 0 amide bonds. The predicted molar refractivity (Wildman–Crippen MR) is 72.3 cm³/mol. The fourth-order valence-corrected chi connectivity index (χ4v) is 2.69. The Morgan fingerprint density at radius 1 is 1.35 bits per heavy atom. The van der Waals surface area contributed by atoms with Gasteiger partial charge in [-0.3, -0.25) is 19.4 Å². The molecule has 0 aliphatic carbocycles. The first-order valence-corrected chi connectivity index (χ1v) is 6.87. The molecule has 6 nitrogen and oxygen atoms in total. The number of halogens is 3. The van der Waals surface area contributed by atoms with Crippen LogP contribution in [0.25, 0.3) is 0 Å². The number of fused-ring (bicyclic) bond motifs is 1. The van der Waals surface area contributed by atoms with E-state index in [1.54, 1.807) is 17.0 Å². The van der Waals surface area contributed by atoms with Gasteiger partial charge >= 0.3 is 12.1 Å². The number of hydrogen-bond donors (Lipinski definition) is 1. The van der Waals surface area contributed by atoms with Crippen LogP contribution in [-0.2, 0) is 24.1 Å². The van der Waals surface area contributed by atoms with E-state index < -0.39 is 23.9 Å². The van der Waals surface area contributed by atoms with E-state index in [4.69, 9.17) is 0 Å². The van der Waals surface area contributed by atoms with Gasteiger partial charge in [-0.05, 0) is 17.7 Å². The van der Waals surface area contributed by atoms with Crippen LogP contribution in [0, 0.1) is 0 Å². The van der Waals surface area contributed by atoms with Crippen molar-refractivity contribution in [2.24, 2.45) is 0 Å². The number of aliphatic carboxylic acids is 1. The Kier molecular flexibility index (Phi) is 3.80. The molecule has 1 N–H and O–H groups in total. The molecule has 1 aliphatic heterocycles. The highest BCUT2D eigenvalue weighted by atomic mass is 19.4. The first-order chi connectivity index (χ1) is 10.9. The molecule has 23 heavy (non-hydrogen) atoms. The summed E-state index contributed by atoms with van der Waals surface area (Å²) in [5.74, 6) is -1.07. The van der Waals surface area contributed by atoms with Crippen molar-refractivity contribution in [3.63, 3.8) is 0 Å². The van der Waals surface area contributed by atoms with Gasteiger partial charge in [-0.1, -0.05) is 6.07 Å². The standard InChI is InChI=1S/C14H13F3N4O2/c15-14(16,17)11-6-10-8-20(4-5-21(10)19-11)12(13(22)23)9-2-1-3-18-7-9/h1-3,6-7,12H,4-5,8H2,(H,22,23). The van der Waals surface area contributed by atoms with E-state index >= 15 is 0 Å². The average molecular weight is 326 g/mol. The van der Waals surface area contributed by atoms with Crippen molar-refractivity contribution in [3.05, 3.63) is 47.5 Å². The van der Waals surface area contributed by atoms with Gasteiger partial charge in [0.05, 0.1) is 12.2 Å². The molecule has 122 valence electrons. The molecule has 2 aromatic heterocycles. The quantitative estimate of drug-likeness (QED) is 0.933. The van der Waals surface area contributed by atoms with E-state index in [0.717, 1.165) is 6.07 Å². The second-order valence-electron chi connectivity index (χ2n) is 5.24. The zero-order chi connectivity index (χ0) is 16.6. The third-order valence-corrected chi connectivity index (χ3v) is 3.72. The summed E-state index contributed by atoms with van der Waals surface area (Å²) in [7, 11) is 0. The van der Waals surface area contributed by atoms with Crippen molar-refractivity contribution in [2.75, 3.05) is 6.54 Å². The van der Waals surface area contributed by atoms with Gasteiger partial charge in [0, 0.05) is 25.5 Å². The monoisotopic (exact) mass is 326 g/mol. The van der Waals surface area contributed by atoms with Crippen LogP contribution in [0.1, 0.15) is 23.0 Å². The van der Waals surface area contributed by atoms with Crippen molar-refractivity contribution < 1.29 is 23.1 Å².